The largest absolute Gasteiger partial charge is 0.342 e. The third kappa shape index (κ3) is 4.15. The fourth-order valence-electron chi connectivity index (χ4n) is 1.66. The van der Waals surface area contributed by atoms with Crippen LogP contribution < -0.4 is 5.32 Å². The van der Waals surface area contributed by atoms with Gasteiger partial charge in [0, 0.05) is 25.8 Å². The molecule has 94 valence electrons. The number of carbonyl (C=O) groups is 1. The molecule has 1 atom stereocenters. The zero-order valence-corrected chi connectivity index (χ0v) is 10.8. The van der Waals surface area contributed by atoms with Crippen molar-refractivity contribution in [3.63, 3.8) is 0 Å². The number of nitrogens with one attached hydrogen (secondary N) is 1. The maximum Gasteiger partial charge on any atom is 0.239 e. The topological polar surface area (TPSA) is 45.2 Å². The highest BCUT2D eigenvalue weighted by Crippen LogP contribution is 1.97. The molecule has 1 amide bonds. The standard InChI is InChI=1S/C13H21N3O/c1-4-16(5-2)13(17)11(3)15-10-12-8-6-7-9-14-12/h6-9,11,15H,4-5,10H2,1-3H3. The van der Waals surface area contributed by atoms with Gasteiger partial charge in [0.05, 0.1) is 11.7 Å². The van der Waals surface area contributed by atoms with Gasteiger partial charge >= 0.3 is 0 Å². The van der Waals surface area contributed by atoms with Gasteiger partial charge in [0.2, 0.25) is 5.91 Å². The molecule has 0 saturated carbocycles. The summed E-state index contributed by atoms with van der Waals surface area (Å²) in [5.74, 6) is 0.144. The Labute approximate surface area is 103 Å². The Morgan fingerprint density at radius 3 is 2.65 bits per heavy atom. The molecule has 0 spiro atoms. The van der Waals surface area contributed by atoms with Crippen molar-refractivity contribution in [2.45, 2.75) is 33.4 Å². The third-order valence-electron chi connectivity index (χ3n) is 2.76. The van der Waals surface area contributed by atoms with Crippen molar-refractivity contribution < 1.29 is 4.79 Å². The van der Waals surface area contributed by atoms with Crippen LogP contribution in [0.4, 0.5) is 0 Å². The van der Waals surface area contributed by atoms with Crippen molar-refractivity contribution in [1.82, 2.24) is 15.2 Å². The third-order valence-corrected chi connectivity index (χ3v) is 2.76. The molecule has 0 bridgehead atoms. The Balaban J connectivity index is 2.44. The molecule has 4 heteroatoms. The minimum atomic E-state index is -0.170. The van der Waals surface area contributed by atoms with Crippen LogP contribution in [-0.4, -0.2) is 34.9 Å². The first-order chi connectivity index (χ1) is 8.19. The molecule has 1 heterocycles. The van der Waals surface area contributed by atoms with Crippen LogP contribution in [0.1, 0.15) is 26.5 Å². The van der Waals surface area contributed by atoms with Crippen molar-refractivity contribution in [2.75, 3.05) is 13.1 Å². The average Bonchev–Trinajstić information content (AvgIpc) is 2.38. The Morgan fingerprint density at radius 1 is 1.41 bits per heavy atom. The smallest absolute Gasteiger partial charge is 0.239 e. The first-order valence-corrected chi connectivity index (χ1v) is 6.11. The maximum absolute atomic E-state index is 12.0. The molecule has 4 nitrogen and oxygen atoms in total. The molecular weight excluding hydrogens is 214 g/mol. The molecule has 0 aliphatic heterocycles. The summed E-state index contributed by atoms with van der Waals surface area (Å²) in [7, 11) is 0. The summed E-state index contributed by atoms with van der Waals surface area (Å²) in [5, 5.41) is 3.19. The van der Waals surface area contributed by atoms with E-state index in [2.05, 4.69) is 10.3 Å². The van der Waals surface area contributed by atoms with Crippen LogP contribution in [0.3, 0.4) is 0 Å². The highest BCUT2D eigenvalue weighted by atomic mass is 16.2. The van der Waals surface area contributed by atoms with E-state index in [1.165, 1.54) is 0 Å². The van der Waals surface area contributed by atoms with E-state index in [9.17, 15) is 4.79 Å². The van der Waals surface area contributed by atoms with Crippen LogP contribution in [0.2, 0.25) is 0 Å². The molecule has 0 radical (unpaired) electrons. The normalized spacial score (nSPS) is 12.2. The van der Waals surface area contributed by atoms with Crippen LogP contribution in [0.25, 0.3) is 0 Å². The molecule has 0 aromatic carbocycles. The number of pyridine rings is 1. The quantitative estimate of drug-likeness (QED) is 0.811. The summed E-state index contributed by atoms with van der Waals surface area (Å²) < 4.78 is 0. The number of amides is 1. The number of likely N-dealkylation sites (N-methyl/N-ethyl adjacent to an activating group) is 1. The zero-order valence-electron chi connectivity index (χ0n) is 10.8. The van der Waals surface area contributed by atoms with Gasteiger partial charge in [-0.25, -0.2) is 0 Å². The Kier molecular flexibility index (Phi) is 5.63. The second-order valence-corrected chi connectivity index (χ2v) is 3.93. The number of hydrogen-bond donors (Lipinski definition) is 1. The molecule has 0 aliphatic rings. The van der Waals surface area contributed by atoms with Gasteiger partial charge in [-0.3, -0.25) is 9.78 Å². The summed E-state index contributed by atoms with van der Waals surface area (Å²) in [6.07, 6.45) is 1.76. The monoisotopic (exact) mass is 235 g/mol. The van der Waals surface area contributed by atoms with E-state index in [1.807, 2.05) is 43.9 Å². The predicted molar refractivity (Wildman–Crippen MR) is 68.5 cm³/mol. The van der Waals surface area contributed by atoms with Crippen LogP contribution in [0, 0.1) is 0 Å². The molecule has 1 aromatic heterocycles. The molecule has 0 fully saturated rings. The van der Waals surface area contributed by atoms with E-state index in [0.29, 0.717) is 6.54 Å². The van der Waals surface area contributed by atoms with Gasteiger partial charge in [0.25, 0.3) is 0 Å². The minimum absolute atomic E-state index is 0.144. The molecule has 1 unspecified atom stereocenters. The highest BCUT2D eigenvalue weighted by molar-refractivity contribution is 5.81. The second kappa shape index (κ2) is 7.01. The lowest BCUT2D eigenvalue weighted by molar-refractivity contribution is -0.132. The van der Waals surface area contributed by atoms with Crippen LogP contribution >= 0.6 is 0 Å². The van der Waals surface area contributed by atoms with Gasteiger partial charge < -0.3 is 10.2 Å². The van der Waals surface area contributed by atoms with Gasteiger partial charge in [0.1, 0.15) is 0 Å². The minimum Gasteiger partial charge on any atom is -0.342 e. The first kappa shape index (κ1) is 13.6. The van der Waals surface area contributed by atoms with Gasteiger partial charge in [-0.1, -0.05) is 6.07 Å². The van der Waals surface area contributed by atoms with Gasteiger partial charge in [-0.05, 0) is 32.9 Å². The van der Waals surface area contributed by atoms with Crippen LogP contribution in [-0.2, 0) is 11.3 Å². The fraction of sp³-hybridized carbons (Fsp3) is 0.538. The average molecular weight is 235 g/mol. The zero-order chi connectivity index (χ0) is 12.7. The lowest BCUT2D eigenvalue weighted by Crippen LogP contribution is -2.44. The predicted octanol–water partition coefficient (Wildman–Crippen LogP) is 1.43. The van der Waals surface area contributed by atoms with Gasteiger partial charge in [-0.15, -0.1) is 0 Å². The van der Waals surface area contributed by atoms with Crippen molar-refractivity contribution in [2.24, 2.45) is 0 Å². The number of carbonyl (C=O) groups excluding carboxylic acids is 1. The molecule has 17 heavy (non-hydrogen) atoms. The van der Waals surface area contributed by atoms with E-state index in [1.54, 1.807) is 6.20 Å². The number of rotatable bonds is 6. The van der Waals surface area contributed by atoms with E-state index in [0.717, 1.165) is 18.8 Å². The lowest BCUT2D eigenvalue weighted by atomic mass is 10.2. The van der Waals surface area contributed by atoms with E-state index < -0.39 is 0 Å². The van der Waals surface area contributed by atoms with Crippen molar-refractivity contribution in [3.05, 3.63) is 30.1 Å². The van der Waals surface area contributed by atoms with E-state index in [4.69, 9.17) is 0 Å². The SMILES string of the molecule is CCN(CC)C(=O)C(C)NCc1ccccn1. The van der Waals surface area contributed by atoms with Crippen LogP contribution in [0.15, 0.2) is 24.4 Å². The highest BCUT2D eigenvalue weighted by Gasteiger charge is 2.17. The number of hydrogen-bond acceptors (Lipinski definition) is 3. The Hall–Kier alpha value is -1.42. The fourth-order valence-corrected chi connectivity index (χ4v) is 1.66. The van der Waals surface area contributed by atoms with E-state index >= 15 is 0 Å². The molecule has 0 aliphatic carbocycles. The summed E-state index contributed by atoms with van der Waals surface area (Å²) in [6, 6.07) is 5.60. The summed E-state index contributed by atoms with van der Waals surface area (Å²) in [6.45, 7) is 8.01. The van der Waals surface area contributed by atoms with Crippen molar-refractivity contribution in [3.8, 4) is 0 Å². The molecule has 1 aromatic rings. The Morgan fingerprint density at radius 2 is 2.12 bits per heavy atom. The number of aromatic nitrogens is 1. The van der Waals surface area contributed by atoms with Crippen molar-refractivity contribution >= 4 is 5.91 Å². The summed E-state index contributed by atoms with van der Waals surface area (Å²) in [4.78, 5) is 18.0. The van der Waals surface area contributed by atoms with Gasteiger partial charge in [-0.2, -0.15) is 0 Å². The summed E-state index contributed by atoms with van der Waals surface area (Å²) >= 11 is 0. The van der Waals surface area contributed by atoms with E-state index in [-0.39, 0.29) is 11.9 Å². The molecule has 1 N–H and O–H groups in total. The molecular formula is C13H21N3O. The van der Waals surface area contributed by atoms with Gasteiger partial charge in [0.15, 0.2) is 0 Å². The van der Waals surface area contributed by atoms with Crippen LogP contribution in [0.5, 0.6) is 0 Å². The first-order valence-electron chi connectivity index (χ1n) is 6.11. The van der Waals surface area contributed by atoms with Crippen molar-refractivity contribution in [1.29, 1.82) is 0 Å². The molecule has 1 rings (SSSR count). The maximum atomic E-state index is 12.0. The molecule has 0 saturated heterocycles. The lowest BCUT2D eigenvalue weighted by Gasteiger charge is -2.23. The number of nitrogens with zero attached hydrogens (tertiary/aromatic N) is 2. The Bertz CT molecular complexity index is 336. The second-order valence-electron chi connectivity index (χ2n) is 3.93. The summed E-state index contributed by atoms with van der Waals surface area (Å²) in [5.41, 5.74) is 0.951.